The van der Waals surface area contributed by atoms with E-state index in [-0.39, 0.29) is 12.5 Å². The number of hydrogen-bond acceptors (Lipinski definition) is 4. The average Bonchev–Trinajstić information content (AvgIpc) is 2.46. The third kappa shape index (κ3) is 4.69. The Kier molecular flexibility index (Phi) is 5.91. The zero-order valence-electron chi connectivity index (χ0n) is 10.8. The number of rotatable bonds is 6. The summed E-state index contributed by atoms with van der Waals surface area (Å²) in [6.45, 7) is 2.77. The van der Waals surface area contributed by atoms with Crippen LogP contribution in [0.4, 0.5) is 0 Å². The lowest BCUT2D eigenvalue weighted by atomic mass is 10.2. The molecule has 0 aliphatic carbocycles. The van der Waals surface area contributed by atoms with E-state index in [1.165, 1.54) is 0 Å². The molecule has 1 aromatic rings. The summed E-state index contributed by atoms with van der Waals surface area (Å²) in [6, 6.07) is 10.6. The fourth-order valence-electron chi connectivity index (χ4n) is 1.51. The molecule has 0 aromatic heterocycles. The van der Waals surface area contributed by atoms with Crippen molar-refractivity contribution in [3.63, 3.8) is 0 Å². The van der Waals surface area contributed by atoms with Crippen molar-refractivity contribution in [2.75, 3.05) is 19.7 Å². The third-order valence-corrected chi connectivity index (χ3v) is 2.57. The van der Waals surface area contributed by atoms with Crippen LogP contribution in [0.5, 0.6) is 5.75 Å². The summed E-state index contributed by atoms with van der Waals surface area (Å²) >= 11 is 0. The van der Waals surface area contributed by atoms with Gasteiger partial charge in [-0.1, -0.05) is 0 Å². The normalized spacial score (nSPS) is 9.21. The predicted molar refractivity (Wildman–Crippen MR) is 69.1 cm³/mol. The van der Waals surface area contributed by atoms with Crippen molar-refractivity contribution in [2.24, 2.45) is 0 Å². The summed E-state index contributed by atoms with van der Waals surface area (Å²) in [7, 11) is 0. The van der Waals surface area contributed by atoms with Gasteiger partial charge < -0.3 is 9.64 Å². The molecule has 98 valence electrons. The second-order valence-electron chi connectivity index (χ2n) is 3.81. The van der Waals surface area contributed by atoms with Crippen molar-refractivity contribution in [3.8, 4) is 17.9 Å². The van der Waals surface area contributed by atoms with E-state index in [4.69, 9.17) is 15.3 Å². The number of nitriles is 2. The average molecular weight is 257 g/mol. The van der Waals surface area contributed by atoms with E-state index in [9.17, 15) is 4.79 Å². The molecule has 1 amide bonds. The number of amides is 1. The number of likely N-dealkylation sites (N-methyl/N-ethyl adjacent to an activating group) is 1. The van der Waals surface area contributed by atoms with E-state index in [0.717, 1.165) is 0 Å². The molecule has 0 aliphatic rings. The van der Waals surface area contributed by atoms with Crippen LogP contribution < -0.4 is 4.74 Å². The van der Waals surface area contributed by atoms with Crippen molar-refractivity contribution in [1.82, 2.24) is 4.90 Å². The van der Waals surface area contributed by atoms with Gasteiger partial charge in [0.2, 0.25) is 0 Å². The van der Waals surface area contributed by atoms with Crippen molar-refractivity contribution < 1.29 is 9.53 Å². The molecule has 0 spiro atoms. The quantitative estimate of drug-likeness (QED) is 0.777. The van der Waals surface area contributed by atoms with Gasteiger partial charge in [-0.05, 0) is 31.2 Å². The molecule has 0 atom stereocenters. The molecule has 0 saturated carbocycles. The molecule has 0 bridgehead atoms. The summed E-state index contributed by atoms with van der Waals surface area (Å²) in [5, 5.41) is 17.2. The first-order valence-electron chi connectivity index (χ1n) is 5.99. The smallest absolute Gasteiger partial charge is 0.260 e. The lowest BCUT2D eigenvalue weighted by Gasteiger charge is -2.19. The van der Waals surface area contributed by atoms with Gasteiger partial charge in [-0.3, -0.25) is 4.79 Å². The first-order chi connectivity index (χ1) is 9.21. The molecule has 0 unspecified atom stereocenters. The Balaban J connectivity index is 2.48. The van der Waals surface area contributed by atoms with Gasteiger partial charge in [-0.2, -0.15) is 10.5 Å². The SMILES string of the molecule is CCN(CCC#N)C(=O)COc1ccc(C#N)cc1. The van der Waals surface area contributed by atoms with Crippen LogP contribution >= 0.6 is 0 Å². The zero-order chi connectivity index (χ0) is 14.1. The van der Waals surface area contributed by atoms with Gasteiger partial charge in [0.25, 0.3) is 5.91 Å². The molecule has 5 nitrogen and oxygen atoms in total. The highest BCUT2D eigenvalue weighted by atomic mass is 16.5. The van der Waals surface area contributed by atoms with Crippen LogP contribution in [0.25, 0.3) is 0 Å². The summed E-state index contributed by atoms with van der Waals surface area (Å²) in [5.41, 5.74) is 0.544. The van der Waals surface area contributed by atoms with Crippen LogP contribution in [0.15, 0.2) is 24.3 Å². The van der Waals surface area contributed by atoms with Crippen molar-refractivity contribution in [3.05, 3.63) is 29.8 Å². The lowest BCUT2D eigenvalue weighted by molar-refractivity contribution is -0.133. The van der Waals surface area contributed by atoms with Crippen LogP contribution in [0, 0.1) is 22.7 Å². The van der Waals surface area contributed by atoms with E-state index in [1.807, 2.05) is 19.1 Å². The fourth-order valence-corrected chi connectivity index (χ4v) is 1.51. The van der Waals surface area contributed by atoms with Crippen molar-refractivity contribution in [1.29, 1.82) is 10.5 Å². The van der Waals surface area contributed by atoms with Crippen LogP contribution in [-0.4, -0.2) is 30.5 Å². The maximum Gasteiger partial charge on any atom is 0.260 e. The zero-order valence-corrected chi connectivity index (χ0v) is 10.8. The number of carbonyl (C=O) groups is 1. The highest BCUT2D eigenvalue weighted by molar-refractivity contribution is 5.77. The minimum absolute atomic E-state index is 0.0643. The first kappa shape index (κ1) is 14.5. The summed E-state index contributed by atoms with van der Waals surface area (Å²) < 4.78 is 5.35. The maximum absolute atomic E-state index is 11.8. The van der Waals surface area contributed by atoms with Crippen molar-refractivity contribution >= 4 is 5.91 Å². The molecule has 5 heteroatoms. The van der Waals surface area contributed by atoms with Crippen molar-refractivity contribution in [2.45, 2.75) is 13.3 Å². The monoisotopic (exact) mass is 257 g/mol. The number of hydrogen-bond donors (Lipinski definition) is 0. The second-order valence-corrected chi connectivity index (χ2v) is 3.81. The van der Waals surface area contributed by atoms with E-state index in [1.54, 1.807) is 29.2 Å². The Bertz CT molecular complexity index is 497. The Morgan fingerprint density at radius 1 is 1.32 bits per heavy atom. The molecule has 19 heavy (non-hydrogen) atoms. The predicted octanol–water partition coefficient (Wildman–Crippen LogP) is 1.70. The van der Waals surface area contributed by atoms with Crippen LogP contribution in [0.3, 0.4) is 0 Å². The molecule has 1 aromatic carbocycles. The molecule has 0 radical (unpaired) electrons. The number of carbonyl (C=O) groups excluding carboxylic acids is 1. The van der Waals surface area contributed by atoms with Gasteiger partial charge in [-0.25, -0.2) is 0 Å². The van der Waals surface area contributed by atoms with Crippen LogP contribution in [-0.2, 0) is 4.79 Å². The molecule has 0 aliphatic heterocycles. The molecule has 0 N–H and O–H groups in total. The Labute approximate surface area is 112 Å². The molecule has 0 heterocycles. The van der Waals surface area contributed by atoms with Crippen LogP contribution in [0.1, 0.15) is 18.9 Å². The third-order valence-electron chi connectivity index (χ3n) is 2.57. The fraction of sp³-hybridized carbons (Fsp3) is 0.357. The largest absolute Gasteiger partial charge is 0.484 e. The van der Waals surface area contributed by atoms with E-state index >= 15 is 0 Å². The Morgan fingerprint density at radius 3 is 2.53 bits per heavy atom. The number of ether oxygens (including phenoxy) is 1. The molecule has 0 fully saturated rings. The van der Waals surface area contributed by atoms with Gasteiger partial charge in [0.15, 0.2) is 6.61 Å². The van der Waals surface area contributed by atoms with Gasteiger partial charge >= 0.3 is 0 Å². The molecular formula is C14H15N3O2. The first-order valence-corrected chi connectivity index (χ1v) is 5.99. The summed E-state index contributed by atoms with van der Waals surface area (Å²) in [4.78, 5) is 13.4. The van der Waals surface area contributed by atoms with Gasteiger partial charge in [-0.15, -0.1) is 0 Å². The topological polar surface area (TPSA) is 77.1 Å². The molecule has 1 rings (SSSR count). The standard InChI is InChI=1S/C14H15N3O2/c1-2-17(9-3-8-15)14(18)11-19-13-6-4-12(10-16)5-7-13/h4-7H,2-3,9,11H2,1H3. The minimum atomic E-state index is -0.151. The molecule has 0 saturated heterocycles. The molecular weight excluding hydrogens is 242 g/mol. The van der Waals surface area contributed by atoms with Gasteiger partial charge in [0.05, 0.1) is 24.1 Å². The highest BCUT2D eigenvalue weighted by Gasteiger charge is 2.11. The van der Waals surface area contributed by atoms with Gasteiger partial charge in [0, 0.05) is 13.1 Å². The second kappa shape index (κ2) is 7.73. The Hall–Kier alpha value is -2.53. The van der Waals surface area contributed by atoms with E-state index < -0.39 is 0 Å². The lowest BCUT2D eigenvalue weighted by Crippen LogP contribution is -2.35. The van der Waals surface area contributed by atoms with E-state index in [2.05, 4.69) is 0 Å². The summed E-state index contributed by atoms with van der Waals surface area (Å²) in [6.07, 6.45) is 0.316. The van der Waals surface area contributed by atoms with Gasteiger partial charge in [0.1, 0.15) is 5.75 Å². The Morgan fingerprint density at radius 2 is 2.00 bits per heavy atom. The maximum atomic E-state index is 11.8. The summed E-state index contributed by atoms with van der Waals surface area (Å²) in [5.74, 6) is 0.394. The number of nitrogens with zero attached hydrogens (tertiary/aromatic N) is 3. The van der Waals surface area contributed by atoms with Crippen LogP contribution in [0.2, 0.25) is 0 Å². The number of benzene rings is 1. The van der Waals surface area contributed by atoms with E-state index in [0.29, 0.717) is 30.8 Å². The minimum Gasteiger partial charge on any atom is -0.484 e. The highest BCUT2D eigenvalue weighted by Crippen LogP contribution is 2.11.